The minimum absolute atomic E-state index is 1.25. The molecule has 0 saturated carbocycles. The zero-order valence-corrected chi connectivity index (χ0v) is 6.65. The molecular formula is C6H14N4. The molecule has 0 aliphatic rings. The molecule has 0 radical (unpaired) electrons. The Morgan fingerprint density at radius 3 is 2.00 bits per heavy atom. The van der Waals surface area contributed by atoms with Crippen LogP contribution in [0.15, 0.2) is 18.5 Å². The Hall–Kier alpha value is -1.03. The second-order valence-corrected chi connectivity index (χ2v) is 2.33. The quantitative estimate of drug-likeness (QED) is 0.509. The maximum Gasteiger partial charge on any atom is 0.0510 e. The summed E-state index contributed by atoms with van der Waals surface area (Å²) in [6.45, 7) is 0. The van der Waals surface area contributed by atoms with Gasteiger partial charge < -0.3 is 10.7 Å². The lowest BCUT2D eigenvalue weighted by Gasteiger charge is -1.90. The fourth-order valence-corrected chi connectivity index (χ4v) is 0.281. The number of hydrogen-bond donors (Lipinski definition) is 1. The minimum atomic E-state index is 1.25. The van der Waals surface area contributed by atoms with Gasteiger partial charge in [0.15, 0.2) is 0 Å². The van der Waals surface area contributed by atoms with E-state index in [4.69, 9.17) is 5.84 Å². The van der Waals surface area contributed by atoms with Crippen molar-refractivity contribution in [2.24, 2.45) is 0 Å². The van der Waals surface area contributed by atoms with Gasteiger partial charge in [0, 0.05) is 6.20 Å². The van der Waals surface area contributed by atoms with E-state index in [9.17, 15) is 0 Å². The summed E-state index contributed by atoms with van der Waals surface area (Å²) in [4.78, 5) is 3.25. The molecule has 4 heteroatoms. The molecule has 10 heavy (non-hydrogen) atoms. The Morgan fingerprint density at radius 2 is 1.90 bits per heavy atom. The molecule has 0 amide bonds. The summed E-state index contributed by atoms with van der Waals surface area (Å²) in [7, 11) is 6.00. The van der Waals surface area contributed by atoms with Crippen molar-refractivity contribution < 1.29 is 0 Å². The van der Waals surface area contributed by atoms with Crippen molar-refractivity contribution in [1.82, 2.24) is 14.8 Å². The normalized spacial score (nSPS) is 8.80. The standard InChI is InChI=1S/C3H5N3.C3H9N/c4-6-3-1-2-5-6;1-4(2)3/h1-3H,4H2;1-3H3. The Balaban J connectivity index is 0.000000180. The summed E-state index contributed by atoms with van der Waals surface area (Å²) in [5, 5.41) is 3.61. The van der Waals surface area contributed by atoms with Crippen molar-refractivity contribution >= 4 is 0 Å². The number of aromatic nitrogens is 2. The van der Waals surface area contributed by atoms with Crippen LogP contribution >= 0.6 is 0 Å². The van der Waals surface area contributed by atoms with Crippen molar-refractivity contribution in [1.29, 1.82) is 0 Å². The third-order valence-electron chi connectivity index (χ3n) is 0.525. The highest BCUT2D eigenvalue weighted by molar-refractivity contribution is 4.76. The van der Waals surface area contributed by atoms with Crippen LogP contribution in [0.4, 0.5) is 0 Å². The SMILES string of the molecule is CN(C)C.Nn1cccn1. The van der Waals surface area contributed by atoms with Crippen LogP contribution in [0.1, 0.15) is 0 Å². The monoisotopic (exact) mass is 142 g/mol. The highest BCUT2D eigenvalue weighted by Crippen LogP contribution is 1.70. The largest absolute Gasteiger partial charge is 0.323 e. The Morgan fingerprint density at radius 1 is 1.40 bits per heavy atom. The van der Waals surface area contributed by atoms with Crippen LogP contribution in [-0.2, 0) is 0 Å². The molecule has 1 aromatic heterocycles. The van der Waals surface area contributed by atoms with Gasteiger partial charge in [-0.15, -0.1) is 0 Å². The predicted molar refractivity (Wildman–Crippen MR) is 42.0 cm³/mol. The molecule has 0 aromatic carbocycles. The van der Waals surface area contributed by atoms with Gasteiger partial charge in [0.25, 0.3) is 0 Å². The maximum absolute atomic E-state index is 5.08. The van der Waals surface area contributed by atoms with Gasteiger partial charge in [0.2, 0.25) is 0 Å². The van der Waals surface area contributed by atoms with Gasteiger partial charge in [-0.05, 0) is 27.2 Å². The molecule has 0 aliphatic heterocycles. The van der Waals surface area contributed by atoms with Gasteiger partial charge in [-0.1, -0.05) is 0 Å². The van der Waals surface area contributed by atoms with Crippen LogP contribution < -0.4 is 5.84 Å². The Kier molecular flexibility index (Phi) is 4.32. The number of nitrogens with two attached hydrogens (primary N) is 1. The topological polar surface area (TPSA) is 47.1 Å². The second-order valence-electron chi connectivity index (χ2n) is 2.33. The molecule has 2 N–H and O–H groups in total. The number of nitrogens with zero attached hydrogens (tertiary/aromatic N) is 3. The smallest absolute Gasteiger partial charge is 0.0510 e. The molecule has 0 spiro atoms. The molecule has 58 valence electrons. The van der Waals surface area contributed by atoms with E-state index in [2.05, 4.69) is 5.10 Å². The first kappa shape index (κ1) is 8.97. The van der Waals surface area contributed by atoms with Crippen molar-refractivity contribution in [3.05, 3.63) is 18.5 Å². The summed E-state index contributed by atoms with van der Waals surface area (Å²) in [6.07, 6.45) is 3.29. The highest BCUT2D eigenvalue weighted by atomic mass is 15.5. The van der Waals surface area contributed by atoms with Gasteiger partial charge in [-0.3, -0.25) is 0 Å². The lowest BCUT2D eigenvalue weighted by Crippen LogP contribution is -2.06. The van der Waals surface area contributed by atoms with Crippen LogP contribution in [0.25, 0.3) is 0 Å². The van der Waals surface area contributed by atoms with E-state index >= 15 is 0 Å². The molecule has 0 fully saturated rings. The van der Waals surface area contributed by atoms with Crippen LogP contribution in [0.3, 0.4) is 0 Å². The van der Waals surface area contributed by atoms with Crippen LogP contribution in [0.2, 0.25) is 0 Å². The third-order valence-corrected chi connectivity index (χ3v) is 0.525. The summed E-state index contributed by atoms with van der Waals surface area (Å²) in [6, 6.07) is 1.76. The molecule has 1 aromatic rings. The number of rotatable bonds is 0. The lowest BCUT2D eigenvalue weighted by molar-refractivity contribution is 0.505. The first-order valence-electron chi connectivity index (χ1n) is 2.98. The molecule has 1 rings (SSSR count). The first-order chi connectivity index (χ1) is 4.63. The minimum Gasteiger partial charge on any atom is -0.323 e. The molecular weight excluding hydrogens is 128 g/mol. The molecule has 0 atom stereocenters. The van der Waals surface area contributed by atoms with Crippen molar-refractivity contribution in [2.75, 3.05) is 27.0 Å². The zero-order valence-electron chi connectivity index (χ0n) is 6.65. The van der Waals surface area contributed by atoms with Crippen molar-refractivity contribution in [2.45, 2.75) is 0 Å². The van der Waals surface area contributed by atoms with Crippen molar-refractivity contribution in [3.63, 3.8) is 0 Å². The van der Waals surface area contributed by atoms with Crippen molar-refractivity contribution in [3.8, 4) is 0 Å². The number of hydrogen-bond acceptors (Lipinski definition) is 3. The average Bonchev–Trinajstić information content (AvgIpc) is 2.15. The summed E-state index contributed by atoms with van der Waals surface area (Å²) < 4.78 is 0. The number of nitrogen functional groups attached to an aromatic ring is 1. The summed E-state index contributed by atoms with van der Waals surface area (Å²) in [5.41, 5.74) is 0. The van der Waals surface area contributed by atoms with E-state index in [1.807, 2.05) is 26.0 Å². The predicted octanol–water partition coefficient (Wildman–Crippen LogP) is -0.225. The van der Waals surface area contributed by atoms with E-state index in [0.29, 0.717) is 0 Å². The molecule has 0 saturated heterocycles. The molecule has 1 heterocycles. The Bertz CT molecular complexity index is 142. The first-order valence-corrected chi connectivity index (χ1v) is 2.98. The van der Waals surface area contributed by atoms with Gasteiger partial charge in [0.1, 0.15) is 0 Å². The van der Waals surface area contributed by atoms with Crippen LogP contribution in [-0.4, -0.2) is 35.9 Å². The average molecular weight is 142 g/mol. The van der Waals surface area contributed by atoms with Gasteiger partial charge >= 0.3 is 0 Å². The summed E-state index contributed by atoms with van der Waals surface area (Å²) >= 11 is 0. The highest BCUT2D eigenvalue weighted by Gasteiger charge is 1.69. The van der Waals surface area contributed by atoms with E-state index < -0.39 is 0 Å². The molecule has 0 aliphatic carbocycles. The van der Waals surface area contributed by atoms with Crippen LogP contribution in [0, 0.1) is 0 Å². The van der Waals surface area contributed by atoms with Gasteiger partial charge in [0.05, 0.1) is 6.20 Å². The fourth-order valence-electron chi connectivity index (χ4n) is 0.281. The molecule has 4 nitrogen and oxygen atoms in total. The van der Waals surface area contributed by atoms with E-state index in [1.54, 1.807) is 18.5 Å². The third kappa shape index (κ3) is 6.97. The Labute approximate surface area is 61.2 Å². The van der Waals surface area contributed by atoms with E-state index in [0.717, 1.165) is 0 Å². The molecule has 0 unspecified atom stereocenters. The molecule has 0 bridgehead atoms. The zero-order chi connectivity index (χ0) is 7.98. The lowest BCUT2D eigenvalue weighted by atomic mass is 10.8. The van der Waals surface area contributed by atoms with Gasteiger partial charge in [-0.25, -0.2) is 0 Å². The van der Waals surface area contributed by atoms with Gasteiger partial charge in [-0.2, -0.15) is 9.89 Å². The van der Waals surface area contributed by atoms with E-state index in [1.165, 1.54) is 4.79 Å². The fraction of sp³-hybridized carbons (Fsp3) is 0.500. The second kappa shape index (κ2) is 4.81. The summed E-state index contributed by atoms with van der Waals surface area (Å²) in [5.74, 6) is 5.08. The maximum atomic E-state index is 5.08. The van der Waals surface area contributed by atoms with E-state index in [-0.39, 0.29) is 0 Å². The van der Waals surface area contributed by atoms with Crippen LogP contribution in [0.5, 0.6) is 0 Å².